The predicted octanol–water partition coefficient (Wildman–Crippen LogP) is 1.66. The van der Waals surface area contributed by atoms with Crippen molar-refractivity contribution in [1.29, 1.82) is 0 Å². The summed E-state index contributed by atoms with van der Waals surface area (Å²) in [7, 11) is -1.58. The third-order valence-electron chi connectivity index (χ3n) is 4.05. The SMILES string of the molecule is COC(=O)c1cc(C(=O)OC)cc(S(=O)(=O)NCCN(C(C)C)C(C)C)c1. The minimum absolute atomic E-state index is 0.0493. The molecule has 0 saturated heterocycles. The second-order valence-corrected chi connectivity index (χ2v) is 8.32. The lowest BCUT2D eigenvalue weighted by Gasteiger charge is -2.30. The minimum Gasteiger partial charge on any atom is -0.465 e. The Bertz CT molecular complexity index is 732. The van der Waals surface area contributed by atoms with Gasteiger partial charge in [0.05, 0.1) is 30.2 Å². The lowest BCUT2D eigenvalue weighted by Crippen LogP contribution is -2.42. The summed E-state index contributed by atoms with van der Waals surface area (Å²) < 4.78 is 37.1. The van der Waals surface area contributed by atoms with Gasteiger partial charge < -0.3 is 9.47 Å². The molecular formula is C18H28N2O6S. The number of methoxy groups -OCH3 is 2. The van der Waals surface area contributed by atoms with Crippen LogP contribution in [0.5, 0.6) is 0 Å². The molecule has 0 bridgehead atoms. The van der Waals surface area contributed by atoms with Crippen LogP contribution < -0.4 is 4.72 Å². The minimum atomic E-state index is -3.93. The Kier molecular flexibility index (Phi) is 8.39. The summed E-state index contributed by atoms with van der Waals surface area (Å²) in [4.78, 5) is 25.6. The topological polar surface area (TPSA) is 102 Å². The molecule has 0 aromatic heterocycles. The number of esters is 2. The molecule has 1 aromatic rings. The maximum Gasteiger partial charge on any atom is 0.337 e. The van der Waals surface area contributed by atoms with Gasteiger partial charge in [0.15, 0.2) is 0 Å². The third kappa shape index (κ3) is 6.30. The molecule has 27 heavy (non-hydrogen) atoms. The normalized spacial score (nSPS) is 11.9. The van der Waals surface area contributed by atoms with Gasteiger partial charge in [-0.1, -0.05) is 0 Å². The Morgan fingerprint density at radius 3 is 1.78 bits per heavy atom. The average molecular weight is 400 g/mol. The number of ether oxygens (including phenoxy) is 2. The van der Waals surface area contributed by atoms with Crippen LogP contribution in [0.4, 0.5) is 0 Å². The number of hydrogen-bond acceptors (Lipinski definition) is 7. The highest BCUT2D eigenvalue weighted by molar-refractivity contribution is 7.89. The van der Waals surface area contributed by atoms with E-state index >= 15 is 0 Å². The van der Waals surface area contributed by atoms with Crippen LogP contribution in [0.25, 0.3) is 0 Å². The van der Waals surface area contributed by atoms with Crippen LogP contribution in [0.1, 0.15) is 48.4 Å². The molecule has 152 valence electrons. The zero-order valence-electron chi connectivity index (χ0n) is 16.6. The molecule has 0 aliphatic rings. The predicted molar refractivity (Wildman–Crippen MR) is 101 cm³/mol. The molecule has 8 nitrogen and oxygen atoms in total. The summed E-state index contributed by atoms with van der Waals surface area (Å²) in [5, 5.41) is 0. The van der Waals surface area contributed by atoms with Crippen LogP contribution in [0.15, 0.2) is 23.1 Å². The highest BCUT2D eigenvalue weighted by Gasteiger charge is 2.21. The Balaban J connectivity index is 3.10. The second-order valence-electron chi connectivity index (χ2n) is 6.55. The number of carbonyl (C=O) groups is 2. The number of nitrogens with zero attached hydrogens (tertiary/aromatic N) is 1. The van der Waals surface area contributed by atoms with E-state index in [9.17, 15) is 18.0 Å². The van der Waals surface area contributed by atoms with E-state index in [0.29, 0.717) is 6.54 Å². The molecule has 1 N–H and O–H groups in total. The number of rotatable bonds is 9. The molecule has 0 fully saturated rings. The molecule has 0 aliphatic heterocycles. The number of benzene rings is 1. The number of nitrogens with one attached hydrogen (secondary N) is 1. The van der Waals surface area contributed by atoms with Crippen molar-refractivity contribution in [1.82, 2.24) is 9.62 Å². The van der Waals surface area contributed by atoms with Crippen LogP contribution in [-0.4, -0.2) is 64.6 Å². The number of hydrogen-bond donors (Lipinski definition) is 1. The van der Waals surface area contributed by atoms with Gasteiger partial charge in [0.2, 0.25) is 10.0 Å². The fraction of sp³-hybridized carbons (Fsp3) is 0.556. The summed E-state index contributed by atoms with van der Waals surface area (Å²) in [5.74, 6) is -1.49. The largest absolute Gasteiger partial charge is 0.465 e. The molecule has 0 heterocycles. The van der Waals surface area contributed by atoms with Crippen LogP contribution in [0.2, 0.25) is 0 Å². The van der Waals surface area contributed by atoms with E-state index in [2.05, 4.69) is 19.1 Å². The Labute approximate surface area is 160 Å². The van der Waals surface area contributed by atoms with E-state index in [1.165, 1.54) is 32.4 Å². The van der Waals surface area contributed by atoms with Crippen molar-refractivity contribution in [3.63, 3.8) is 0 Å². The fourth-order valence-electron chi connectivity index (χ4n) is 2.73. The van der Waals surface area contributed by atoms with Crippen molar-refractivity contribution in [2.45, 2.75) is 44.7 Å². The highest BCUT2D eigenvalue weighted by atomic mass is 32.2. The zero-order chi connectivity index (χ0) is 20.8. The van der Waals surface area contributed by atoms with Crippen molar-refractivity contribution in [2.75, 3.05) is 27.3 Å². The molecule has 0 spiro atoms. The lowest BCUT2D eigenvalue weighted by atomic mass is 10.1. The van der Waals surface area contributed by atoms with E-state index in [0.717, 1.165) is 0 Å². The summed E-state index contributed by atoms with van der Waals surface area (Å²) in [6.07, 6.45) is 0. The summed E-state index contributed by atoms with van der Waals surface area (Å²) in [6, 6.07) is 4.11. The van der Waals surface area contributed by atoms with E-state index in [1.54, 1.807) is 0 Å². The third-order valence-corrected chi connectivity index (χ3v) is 5.49. The average Bonchev–Trinajstić information content (AvgIpc) is 2.62. The molecule has 1 aromatic carbocycles. The molecule has 9 heteroatoms. The molecule has 0 unspecified atom stereocenters. The van der Waals surface area contributed by atoms with Crippen LogP contribution >= 0.6 is 0 Å². The van der Waals surface area contributed by atoms with Crippen LogP contribution in [0, 0.1) is 0 Å². The first kappa shape index (κ1) is 23.1. The van der Waals surface area contributed by atoms with Crippen molar-refractivity contribution >= 4 is 22.0 Å². The van der Waals surface area contributed by atoms with Gasteiger partial charge in [-0.15, -0.1) is 0 Å². The Hall–Kier alpha value is -1.97. The molecule has 0 radical (unpaired) electrons. The van der Waals surface area contributed by atoms with Crippen LogP contribution in [0.3, 0.4) is 0 Å². The smallest absolute Gasteiger partial charge is 0.337 e. The van der Waals surface area contributed by atoms with Crippen molar-refractivity contribution in [3.8, 4) is 0 Å². The van der Waals surface area contributed by atoms with E-state index in [-0.39, 0.29) is 34.7 Å². The molecule has 0 saturated carbocycles. The number of sulfonamides is 1. The molecule has 0 amide bonds. The first-order chi connectivity index (χ1) is 12.5. The Morgan fingerprint density at radius 1 is 0.963 bits per heavy atom. The standard InChI is InChI=1S/C18H28N2O6S/c1-12(2)20(13(3)4)8-7-19-27(23,24)16-10-14(17(21)25-5)9-15(11-16)18(22)26-6/h9-13,19H,7-8H2,1-6H3. The van der Waals surface area contributed by atoms with Gasteiger partial charge >= 0.3 is 11.9 Å². The highest BCUT2D eigenvalue weighted by Crippen LogP contribution is 2.17. The van der Waals surface area contributed by atoms with Gasteiger partial charge in [0.25, 0.3) is 0 Å². The monoisotopic (exact) mass is 400 g/mol. The van der Waals surface area contributed by atoms with Gasteiger partial charge in [-0.25, -0.2) is 22.7 Å². The Morgan fingerprint density at radius 2 is 1.41 bits per heavy atom. The molecule has 1 rings (SSSR count). The second kappa shape index (κ2) is 9.82. The van der Waals surface area contributed by atoms with Gasteiger partial charge in [-0.2, -0.15) is 0 Å². The first-order valence-electron chi connectivity index (χ1n) is 8.60. The van der Waals surface area contributed by atoms with Gasteiger partial charge in [-0.05, 0) is 45.9 Å². The van der Waals surface area contributed by atoms with Gasteiger partial charge in [-0.3, -0.25) is 4.90 Å². The zero-order valence-corrected chi connectivity index (χ0v) is 17.4. The lowest BCUT2D eigenvalue weighted by molar-refractivity contribution is 0.0598. The summed E-state index contributed by atoms with van der Waals surface area (Å²) >= 11 is 0. The van der Waals surface area contributed by atoms with E-state index < -0.39 is 22.0 Å². The summed E-state index contributed by atoms with van der Waals surface area (Å²) in [5.41, 5.74) is -0.0986. The van der Waals surface area contributed by atoms with E-state index in [1.807, 2.05) is 27.7 Å². The fourth-order valence-corrected chi connectivity index (χ4v) is 3.82. The first-order valence-corrected chi connectivity index (χ1v) is 10.1. The quantitative estimate of drug-likeness (QED) is 0.629. The van der Waals surface area contributed by atoms with E-state index in [4.69, 9.17) is 0 Å². The van der Waals surface area contributed by atoms with Gasteiger partial charge in [0.1, 0.15) is 0 Å². The molecular weight excluding hydrogens is 372 g/mol. The maximum absolute atomic E-state index is 12.6. The number of carbonyl (C=O) groups excluding carboxylic acids is 2. The van der Waals surface area contributed by atoms with Crippen molar-refractivity contribution in [2.24, 2.45) is 0 Å². The summed E-state index contributed by atoms with van der Waals surface area (Å²) in [6.45, 7) is 8.87. The van der Waals surface area contributed by atoms with Crippen molar-refractivity contribution in [3.05, 3.63) is 29.3 Å². The van der Waals surface area contributed by atoms with Crippen LogP contribution in [-0.2, 0) is 19.5 Å². The maximum atomic E-state index is 12.6. The van der Waals surface area contributed by atoms with Gasteiger partial charge in [0, 0.05) is 25.2 Å². The molecule has 0 atom stereocenters. The van der Waals surface area contributed by atoms with Crippen molar-refractivity contribution < 1.29 is 27.5 Å². The molecule has 0 aliphatic carbocycles.